The highest BCUT2D eigenvalue weighted by Gasteiger charge is 2.32. The highest BCUT2D eigenvalue weighted by atomic mass is 32.2. The molecule has 0 bridgehead atoms. The zero-order valence-corrected chi connectivity index (χ0v) is 18.1. The second-order valence-electron chi connectivity index (χ2n) is 7.21. The van der Waals surface area contributed by atoms with Gasteiger partial charge in [-0.3, -0.25) is 9.69 Å². The van der Waals surface area contributed by atoms with Gasteiger partial charge in [0.05, 0.1) is 21.7 Å². The van der Waals surface area contributed by atoms with Gasteiger partial charge in [-0.1, -0.05) is 53.8 Å². The van der Waals surface area contributed by atoms with Crippen LogP contribution in [0.3, 0.4) is 0 Å². The molecular formula is C21H24N4O3S2. The Kier molecular flexibility index (Phi) is 6.31. The Labute approximate surface area is 180 Å². The molecule has 1 aliphatic rings. The largest absolute Gasteiger partial charge is 0.360 e. The Bertz CT molecular complexity index is 1070. The number of hydrogen-bond acceptors (Lipinski definition) is 7. The minimum Gasteiger partial charge on any atom is -0.360 e. The van der Waals surface area contributed by atoms with Crippen LogP contribution in [0, 0.1) is 0 Å². The van der Waals surface area contributed by atoms with Crippen LogP contribution in [0.1, 0.15) is 11.6 Å². The number of carbonyl (C=O) groups is 1. The number of para-hydroxylation sites is 1. The van der Waals surface area contributed by atoms with E-state index >= 15 is 0 Å². The number of nitrogens with one attached hydrogen (secondary N) is 2. The van der Waals surface area contributed by atoms with Crippen LogP contribution < -0.4 is 10.6 Å². The van der Waals surface area contributed by atoms with Crippen LogP contribution in [0.5, 0.6) is 0 Å². The molecule has 0 saturated carbocycles. The van der Waals surface area contributed by atoms with Crippen molar-refractivity contribution in [2.24, 2.45) is 0 Å². The molecule has 1 aliphatic heterocycles. The van der Waals surface area contributed by atoms with Gasteiger partial charge in [-0.2, -0.15) is 0 Å². The van der Waals surface area contributed by atoms with E-state index in [1.807, 2.05) is 59.5 Å². The molecule has 1 amide bonds. The highest BCUT2D eigenvalue weighted by molar-refractivity contribution is 7.91. The molecule has 0 radical (unpaired) electrons. The minimum atomic E-state index is -3.01. The van der Waals surface area contributed by atoms with Crippen LogP contribution in [-0.4, -0.2) is 61.9 Å². The van der Waals surface area contributed by atoms with Gasteiger partial charge in [0.1, 0.15) is 6.04 Å². The molecule has 158 valence electrons. The van der Waals surface area contributed by atoms with Gasteiger partial charge < -0.3 is 10.6 Å². The van der Waals surface area contributed by atoms with Crippen molar-refractivity contribution < 1.29 is 13.2 Å². The van der Waals surface area contributed by atoms with E-state index in [2.05, 4.69) is 15.6 Å². The first kappa shape index (κ1) is 20.8. The van der Waals surface area contributed by atoms with E-state index in [1.165, 1.54) is 0 Å². The van der Waals surface area contributed by atoms with Gasteiger partial charge in [0, 0.05) is 26.2 Å². The summed E-state index contributed by atoms with van der Waals surface area (Å²) in [7, 11) is -3.01. The van der Waals surface area contributed by atoms with Crippen molar-refractivity contribution in [3.63, 3.8) is 0 Å². The van der Waals surface area contributed by atoms with E-state index in [0.717, 1.165) is 20.9 Å². The zero-order valence-electron chi connectivity index (χ0n) is 16.5. The van der Waals surface area contributed by atoms with Crippen molar-refractivity contribution >= 4 is 42.4 Å². The van der Waals surface area contributed by atoms with Gasteiger partial charge in [-0.25, -0.2) is 13.4 Å². The average Bonchev–Trinajstić information content (AvgIpc) is 3.16. The van der Waals surface area contributed by atoms with Gasteiger partial charge in [0.25, 0.3) is 0 Å². The summed E-state index contributed by atoms with van der Waals surface area (Å²) in [4.78, 5) is 19.5. The number of thiazole rings is 1. The Hall–Kier alpha value is -2.49. The summed E-state index contributed by atoms with van der Waals surface area (Å²) in [6, 6.07) is 17.0. The summed E-state index contributed by atoms with van der Waals surface area (Å²) in [6.07, 6.45) is 0. The number of nitrogens with zero attached hydrogens (tertiary/aromatic N) is 2. The third kappa shape index (κ3) is 4.97. The second kappa shape index (κ2) is 9.11. The van der Waals surface area contributed by atoms with Crippen molar-refractivity contribution in [2.75, 3.05) is 43.0 Å². The number of sulfone groups is 1. The molecule has 30 heavy (non-hydrogen) atoms. The standard InChI is InChI=1S/C21H24N4O3S2/c26-20(22-10-11-23-21-24-17-8-4-5-9-18(17)29-21)19(16-6-2-1-3-7-16)25-12-14-30(27,28)15-13-25/h1-9,19H,10-15H2,(H,22,26)(H,23,24). The first-order valence-corrected chi connectivity index (χ1v) is 12.5. The van der Waals surface area contributed by atoms with Crippen LogP contribution in [0.2, 0.25) is 0 Å². The van der Waals surface area contributed by atoms with Crippen molar-refractivity contribution in [3.8, 4) is 0 Å². The van der Waals surface area contributed by atoms with Crippen LogP contribution >= 0.6 is 11.3 Å². The Morgan fingerprint density at radius 1 is 1.03 bits per heavy atom. The smallest absolute Gasteiger partial charge is 0.242 e. The second-order valence-corrected chi connectivity index (χ2v) is 10.5. The molecule has 7 nitrogen and oxygen atoms in total. The molecular weight excluding hydrogens is 420 g/mol. The molecule has 4 rings (SSSR count). The van der Waals surface area contributed by atoms with Crippen LogP contribution in [-0.2, 0) is 14.6 Å². The van der Waals surface area contributed by atoms with Crippen LogP contribution in [0.15, 0.2) is 54.6 Å². The quantitative estimate of drug-likeness (QED) is 0.544. The fourth-order valence-electron chi connectivity index (χ4n) is 3.55. The lowest BCUT2D eigenvalue weighted by Gasteiger charge is -2.33. The number of benzene rings is 2. The molecule has 0 spiro atoms. The summed E-state index contributed by atoms with van der Waals surface area (Å²) in [6.45, 7) is 1.73. The van der Waals surface area contributed by atoms with Crippen molar-refractivity contribution in [1.29, 1.82) is 0 Å². The van der Waals surface area contributed by atoms with Crippen molar-refractivity contribution in [3.05, 3.63) is 60.2 Å². The molecule has 9 heteroatoms. The van der Waals surface area contributed by atoms with Gasteiger partial charge in [0.2, 0.25) is 5.91 Å². The van der Waals surface area contributed by atoms with E-state index in [0.29, 0.717) is 26.2 Å². The maximum atomic E-state index is 13.0. The lowest BCUT2D eigenvalue weighted by Crippen LogP contribution is -2.48. The number of hydrogen-bond donors (Lipinski definition) is 2. The third-order valence-corrected chi connectivity index (χ3v) is 7.71. The van der Waals surface area contributed by atoms with E-state index in [-0.39, 0.29) is 17.4 Å². The summed E-state index contributed by atoms with van der Waals surface area (Å²) in [5.74, 6) is 0.0533. The molecule has 1 atom stereocenters. The first-order chi connectivity index (χ1) is 14.5. The maximum Gasteiger partial charge on any atom is 0.242 e. The molecule has 3 aromatic rings. The lowest BCUT2D eigenvalue weighted by atomic mass is 10.0. The average molecular weight is 445 g/mol. The van der Waals surface area contributed by atoms with E-state index < -0.39 is 15.9 Å². The zero-order chi connectivity index (χ0) is 21.0. The molecule has 0 aliphatic carbocycles. The van der Waals surface area contributed by atoms with Gasteiger partial charge in [-0.15, -0.1) is 0 Å². The lowest BCUT2D eigenvalue weighted by molar-refractivity contribution is -0.126. The molecule has 1 saturated heterocycles. The SMILES string of the molecule is O=C(NCCNc1nc2ccccc2s1)C(c1ccccc1)N1CCS(=O)(=O)CC1. The fourth-order valence-corrected chi connectivity index (χ4v) is 5.67. The van der Waals surface area contributed by atoms with Gasteiger partial charge >= 0.3 is 0 Å². The predicted octanol–water partition coefficient (Wildman–Crippen LogP) is 2.30. The van der Waals surface area contributed by atoms with Crippen LogP contribution in [0.4, 0.5) is 5.13 Å². The Balaban J connectivity index is 1.36. The fraction of sp³-hybridized carbons (Fsp3) is 0.333. The summed E-state index contributed by atoms with van der Waals surface area (Å²) >= 11 is 1.58. The number of fused-ring (bicyclic) bond motifs is 1. The Morgan fingerprint density at radius 2 is 1.73 bits per heavy atom. The van der Waals surface area contributed by atoms with Crippen molar-refractivity contribution in [1.82, 2.24) is 15.2 Å². The molecule has 2 aromatic carbocycles. The minimum absolute atomic E-state index is 0.0861. The van der Waals surface area contributed by atoms with E-state index in [1.54, 1.807) is 11.3 Å². The summed E-state index contributed by atoms with van der Waals surface area (Å²) in [5.41, 5.74) is 1.83. The number of anilines is 1. The number of rotatable bonds is 7. The summed E-state index contributed by atoms with van der Waals surface area (Å²) in [5, 5.41) is 7.07. The highest BCUT2D eigenvalue weighted by Crippen LogP contribution is 2.25. The van der Waals surface area contributed by atoms with Crippen molar-refractivity contribution in [2.45, 2.75) is 6.04 Å². The maximum absolute atomic E-state index is 13.0. The normalized spacial score (nSPS) is 17.5. The molecule has 1 aromatic heterocycles. The van der Waals surface area contributed by atoms with E-state index in [9.17, 15) is 13.2 Å². The third-order valence-electron chi connectivity index (χ3n) is 5.10. The molecule has 2 heterocycles. The van der Waals surface area contributed by atoms with Crippen LogP contribution in [0.25, 0.3) is 10.2 Å². The van der Waals surface area contributed by atoms with Gasteiger partial charge in [-0.05, 0) is 17.7 Å². The first-order valence-electron chi connectivity index (χ1n) is 9.88. The number of carbonyl (C=O) groups excluding carboxylic acids is 1. The predicted molar refractivity (Wildman–Crippen MR) is 121 cm³/mol. The monoisotopic (exact) mass is 444 g/mol. The number of amides is 1. The van der Waals surface area contributed by atoms with E-state index in [4.69, 9.17) is 0 Å². The number of aromatic nitrogens is 1. The molecule has 2 N–H and O–H groups in total. The topological polar surface area (TPSA) is 91.4 Å². The summed E-state index contributed by atoms with van der Waals surface area (Å²) < 4.78 is 24.7. The molecule has 1 unspecified atom stereocenters. The Morgan fingerprint density at radius 3 is 2.47 bits per heavy atom. The van der Waals surface area contributed by atoms with Gasteiger partial charge in [0.15, 0.2) is 15.0 Å². The molecule has 1 fully saturated rings.